The van der Waals surface area contributed by atoms with E-state index in [1.807, 2.05) is 19.1 Å². The van der Waals surface area contributed by atoms with E-state index >= 15 is 0 Å². The Morgan fingerprint density at radius 3 is 3.11 bits per heavy atom. The number of nitrogens with zero attached hydrogens (tertiary/aromatic N) is 1. The summed E-state index contributed by atoms with van der Waals surface area (Å²) in [6.45, 7) is 2.74. The molecule has 1 N–H and O–H groups in total. The SMILES string of the molecule is CC(SC1=NCCS1)C(=O)Nc1cccc(Cl)c1. The van der Waals surface area contributed by atoms with Crippen LogP contribution >= 0.6 is 35.1 Å². The van der Waals surface area contributed by atoms with E-state index in [0.717, 1.165) is 22.4 Å². The molecule has 1 aliphatic heterocycles. The first kappa shape index (κ1) is 13.8. The molecule has 1 atom stereocenters. The predicted molar refractivity (Wildman–Crippen MR) is 81.9 cm³/mol. The largest absolute Gasteiger partial charge is 0.325 e. The van der Waals surface area contributed by atoms with Crippen molar-refractivity contribution in [3.05, 3.63) is 29.3 Å². The van der Waals surface area contributed by atoms with Crippen LogP contribution in [0.2, 0.25) is 5.02 Å². The summed E-state index contributed by atoms with van der Waals surface area (Å²) in [5.74, 6) is 0.989. The van der Waals surface area contributed by atoms with Crippen molar-refractivity contribution in [1.29, 1.82) is 0 Å². The first-order chi connectivity index (χ1) is 8.65. The van der Waals surface area contributed by atoms with Crippen LogP contribution in [-0.2, 0) is 4.79 Å². The highest BCUT2D eigenvalue weighted by atomic mass is 35.5. The van der Waals surface area contributed by atoms with Crippen LogP contribution in [0.5, 0.6) is 0 Å². The molecule has 0 spiro atoms. The third-order valence-electron chi connectivity index (χ3n) is 2.30. The molecule has 0 radical (unpaired) electrons. The second kappa shape index (κ2) is 6.50. The zero-order chi connectivity index (χ0) is 13.0. The summed E-state index contributed by atoms with van der Waals surface area (Å²) in [6.07, 6.45) is 0. The molecule has 0 aromatic heterocycles. The van der Waals surface area contributed by atoms with Gasteiger partial charge in [0.25, 0.3) is 0 Å². The molecule has 1 aromatic rings. The Labute approximate surface area is 120 Å². The lowest BCUT2D eigenvalue weighted by atomic mass is 10.3. The molecule has 1 heterocycles. The number of halogens is 1. The monoisotopic (exact) mass is 300 g/mol. The minimum atomic E-state index is -0.159. The zero-order valence-corrected chi connectivity index (χ0v) is 12.2. The molecule has 18 heavy (non-hydrogen) atoms. The Bertz CT molecular complexity index is 479. The number of carbonyl (C=O) groups is 1. The second-order valence-corrected chi connectivity index (χ2v) is 6.86. The van der Waals surface area contributed by atoms with Gasteiger partial charge in [0.2, 0.25) is 5.91 Å². The van der Waals surface area contributed by atoms with Crippen molar-refractivity contribution in [1.82, 2.24) is 0 Å². The van der Waals surface area contributed by atoms with Crippen molar-refractivity contribution >= 4 is 51.1 Å². The van der Waals surface area contributed by atoms with Gasteiger partial charge < -0.3 is 5.32 Å². The van der Waals surface area contributed by atoms with Crippen LogP contribution < -0.4 is 5.32 Å². The Hall–Kier alpha value is -0.650. The number of thioether (sulfide) groups is 2. The molecular formula is C12H13ClN2OS2. The second-order valence-electron chi connectivity index (χ2n) is 3.76. The quantitative estimate of drug-likeness (QED) is 0.929. The number of aliphatic imine (C=N–C) groups is 1. The molecule has 0 saturated carbocycles. The van der Waals surface area contributed by atoms with E-state index in [0.29, 0.717) is 5.02 Å². The van der Waals surface area contributed by atoms with Gasteiger partial charge in [-0.05, 0) is 25.1 Å². The maximum Gasteiger partial charge on any atom is 0.237 e. The lowest BCUT2D eigenvalue weighted by molar-refractivity contribution is -0.115. The molecule has 0 fully saturated rings. The molecule has 1 amide bonds. The minimum Gasteiger partial charge on any atom is -0.325 e. The molecule has 0 bridgehead atoms. The van der Waals surface area contributed by atoms with E-state index in [-0.39, 0.29) is 11.2 Å². The van der Waals surface area contributed by atoms with Crippen molar-refractivity contribution in [2.75, 3.05) is 17.6 Å². The summed E-state index contributed by atoms with van der Waals surface area (Å²) in [5.41, 5.74) is 0.723. The average molecular weight is 301 g/mol. The van der Waals surface area contributed by atoms with Gasteiger partial charge in [0, 0.05) is 16.5 Å². The van der Waals surface area contributed by atoms with Gasteiger partial charge in [-0.15, -0.1) is 0 Å². The Balaban J connectivity index is 1.90. The molecule has 0 aliphatic carbocycles. The number of nitrogens with one attached hydrogen (secondary N) is 1. The van der Waals surface area contributed by atoms with Crippen molar-refractivity contribution < 1.29 is 4.79 Å². The van der Waals surface area contributed by atoms with E-state index < -0.39 is 0 Å². The van der Waals surface area contributed by atoms with Gasteiger partial charge >= 0.3 is 0 Å². The predicted octanol–water partition coefficient (Wildman–Crippen LogP) is 3.50. The van der Waals surface area contributed by atoms with Gasteiger partial charge in [-0.2, -0.15) is 0 Å². The van der Waals surface area contributed by atoms with Crippen LogP contribution in [0, 0.1) is 0 Å². The lowest BCUT2D eigenvalue weighted by Gasteiger charge is -2.11. The molecule has 6 heteroatoms. The summed E-state index contributed by atoms with van der Waals surface area (Å²) in [4.78, 5) is 16.3. The summed E-state index contributed by atoms with van der Waals surface area (Å²) in [5, 5.41) is 3.30. The number of hydrogen-bond acceptors (Lipinski definition) is 4. The van der Waals surface area contributed by atoms with E-state index in [1.165, 1.54) is 11.8 Å². The average Bonchev–Trinajstić information content (AvgIpc) is 2.81. The highest BCUT2D eigenvalue weighted by Gasteiger charge is 2.18. The summed E-state index contributed by atoms with van der Waals surface area (Å²) in [6, 6.07) is 7.15. The first-order valence-electron chi connectivity index (χ1n) is 5.55. The van der Waals surface area contributed by atoms with E-state index in [4.69, 9.17) is 11.6 Å². The molecule has 1 aliphatic rings. The lowest BCUT2D eigenvalue weighted by Crippen LogP contribution is -2.23. The molecule has 96 valence electrons. The fourth-order valence-electron chi connectivity index (χ4n) is 1.40. The smallest absolute Gasteiger partial charge is 0.237 e. The third kappa shape index (κ3) is 3.93. The number of benzene rings is 1. The van der Waals surface area contributed by atoms with Crippen LogP contribution in [0.1, 0.15) is 6.92 Å². The number of anilines is 1. The molecule has 1 unspecified atom stereocenters. The molecule has 3 nitrogen and oxygen atoms in total. The maximum absolute atomic E-state index is 12.0. The van der Waals surface area contributed by atoms with E-state index in [1.54, 1.807) is 23.9 Å². The Morgan fingerprint density at radius 2 is 2.44 bits per heavy atom. The summed E-state index contributed by atoms with van der Waals surface area (Å²) in [7, 11) is 0. The number of amides is 1. The Kier molecular flexibility index (Phi) is 4.97. The fraction of sp³-hybridized carbons (Fsp3) is 0.333. The Morgan fingerprint density at radius 1 is 1.61 bits per heavy atom. The van der Waals surface area contributed by atoms with Crippen LogP contribution in [-0.4, -0.2) is 27.8 Å². The van der Waals surface area contributed by atoms with Crippen molar-refractivity contribution in [3.63, 3.8) is 0 Å². The number of carbonyl (C=O) groups excluding carboxylic acids is 1. The van der Waals surface area contributed by atoms with Gasteiger partial charge in [-0.1, -0.05) is 41.2 Å². The van der Waals surface area contributed by atoms with Gasteiger partial charge in [0.15, 0.2) is 0 Å². The third-order valence-corrected chi connectivity index (χ3v) is 4.84. The fourth-order valence-corrected chi connectivity index (χ4v) is 3.72. The maximum atomic E-state index is 12.0. The van der Waals surface area contributed by atoms with Crippen LogP contribution in [0.4, 0.5) is 5.69 Å². The number of rotatable bonds is 3. The molecule has 2 rings (SSSR count). The van der Waals surface area contributed by atoms with Crippen molar-refractivity contribution in [2.45, 2.75) is 12.2 Å². The van der Waals surface area contributed by atoms with Gasteiger partial charge in [-0.3, -0.25) is 9.79 Å². The van der Waals surface area contributed by atoms with E-state index in [2.05, 4.69) is 10.3 Å². The molecule has 0 saturated heterocycles. The zero-order valence-electron chi connectivity index (χ0n) is 9.85. The van der Waals surface area contributed by atoms with Crippen LogP contribution in [0.3, 0.4) is 0 Å². The molecule has 1 aromatic carbocycles. The standard InChI is InChI=1S/C12H13ClN2OS2/c1-8(18-12-14-5-6-17-12)11(16)15-10-4-2-3-9(13)7-10/h2-4,7-8H,5-6H2,1H3,(H,15,16). The highest BCUT2D eigenvalue weighted by Crippen LogP contribution is 2.26. The van der Waals surface area contributed by atoms with Crippen LogP contribution in [0.25, 0.3) is 0 Å². The summed E-state index contributed by atoms with van der Waals surface area (Å²) >= 11 is 9.08. The number of hydrogen-bond donors (Lipinski definition) is 1. The van der Waals surface area contributed by atoms with Crippen molar-refractivity contribution in [3.8, 4) is 0 Å². The normalized spacial score (nSPS) is 16.2. The van der Waals surface area contributed by atoms with Gasteiger partial charge in [-0.25, -0.2) is 0 Å². The minimum absolute atomic E-state index is 0.0301. The van der Waals surface area contributed by atoms with Gasteiger partial charge in [0.05, 0.1) is 11.8 Å². The first-order valence-corrected chi connectivity index (χ1v) is 7.80. The highest BCUT2D eigenvalue weighted by molar-refractivity contribution is 8.39. The van der Waals surface area contributed by atoms with Crippen LogP contribution in [0.15, 0.2) is 29.3 Å². The van der Waals surface area contributed by atoms with Crippen molar-refractivity contribution in [2.24, 2.45) is 4.99 Å². The van der Waals surface area contributed by atoms with E-state index in [9.17, 15) is 4.79 Å². The van der Waals surface area contributed by atoms with Gasteiger partial charge in [0.1, 0.15) is 4.38 Å². The summed E-state index contributed by atoms with van der Waals surface area (Å²) < 4.78 is 1.00. The topological polar surface area (TPSA) is 41.5 Å². The molecular weight excluding hydrogens is 288 g/mol.